The number of allylic oxidation sites excluding steroid dienone is 2. The molecule has 154 valence electrons. The number of anilines is 3. The highest BCUT2D eigenvalue weighted by Crippen LogP contribution is 2.56. The second-order valence-electron chi connectivity index (χ2n) is 9.03. The van der Waals surface area contributed by atoms with Gasteiger partial charge in [0.2, 0.25) is 0 Å². The van der Waals surface area contributed by atoms with Crippen LogP contribution in [0.25, 0.3) is 11.1 Å². The average Bonchev–Trinajstić information content (AvgIpc) is 3.41. The SMILES string of the molecule is CC1C[C@@H]1C1=CC=CC2c3ccccc3N(c3ccccc3-c3ccc(N)cc3Cl)C12. The summed E-state index contributed by atoms with van der Waals surface area (Å²) in [5, 5.41) is 0.687. The van der Waals surface area contributed by atoms with Crippen molar-refractivity contribution >= 4 is 28.7 Å². The van der Waals surface area contributed by atoms with Crippen LogP contribution in [-0.4, -0.2) is 6.04 Å². The van der Waals surface area contributed by atoms with Crippen molar-refractivity contribution in [2.24, 2.45) is 11.8 Å². The van der Waals surface area contributed by atoms with E-state index in [1.165, 1.54) is 23.4 Å². The van der Waals surface area contributed by atoms with Crippen LogP contribution in [0.4, 0.5) is 17.1 Å². The van der Waals surface area contributed by atoms with Gasteiger partial charge in [-0.1, -0.05) is 79.2 Å². The van der Waals surface area contributed by atoms with E-state index in [2.05, 4.69) is 78.6 Å². The number of nitrogen functional groups attached to an aromatic ring is 1. The summed E-state index contributed by atoms with van der Waals surface area (Å²) in [6.07, 6.45) is 8.30. The summed E-state index contributed by atoms with van der Waals surface area (Å²) in [6.45, 7) is 2.37. The summed E-state index contributed by atoms with van der Waals surface area (Å²) < 4.78 is 0. The average molecular weight is 425 g/mol. The summed E-state index contributed by atoms with van der Waals surface area (Å²) in [4.78, 5) is 2.56. The molecule has 1 fully saturated rings. The van der Waals surface area contributed by atoms with Crippen molar-refractivity contribution in [2.75, 3.05) is 10.6 Å². The van der Waals surface area contributed by atoms with Gasteiger partial charge in [0.15, 0.2) is 0 Å². The van der Waals surface area contributed by atoms with E-state index in [9.17, 15) is 0 Å². The Labute approximate surface area is 188 Å². The summed E-state index contributed by atoms with van der Waals surface area (Å²) in [6, 6.07) is 23.6. The minimum absolute atomic E-state index is 0.311. The highest BCUT2D eigenvalue weighted by molar-refractivity contribution is 6.33. The Morgan fingerprint density at radius 2 is 1.68 bits per heavy atom. The maximum atomic E-state index is 6.67. The fraction of sp³-hybridized carbons (Fsp3) is 0.214. The number of hydrogen-bond donors (Lipinski definition) is 1. The van der Waals surface area contributed by atoms with E-state index < -0.39 is 0 Å². The Morgan fingerprint density at radius 3 is 2.45 bits per heavy atom. The molecule has 0 aromatic heterocycles. The molecule has 3 heteroatoms. The summed E-state index contributed by atoms with van der Waals surface area (Å²) >= 11 is 6.67. The van der Waals surface area contributed by atoms with Gasteiger partial charge in [-0.25, -0.2) is 0 Å². The molecular formula is C28H25ClN2. The smallest absolute Gasteiger partial charge is 0.0661 e. The van der Waals surface area contributed by atoms with Gasteiger partial charge in [-0.15, -0.1) is 0 Å². The van der Waals surface area contributed by atoms with Crippen molar-refractivity contribution < 1.29 is 0 Å². The van der Waals surface area contributed by atoms with Crippen LogP contribution in [0.15, 0.2) is 90.5 Å². The lowest BCUT2D eigenvalue weighted by Gasteiger charge is -2.35. The Kier molecular flexibility index (Phi) is 4.26. The van der Waals surface area contributed by atoms with Gasteiger partial charge < -0.3 is 10.6 Å². The number of benzene rings is 3. The lowest BCUT2D eigenvalue weighted by molar-refractivity contribution is 0.649. The second-order valence-corrected chi connectivity index (χ2v) is 9.43. The largest absolute Gasteiger partial charge is 0.399 e. The van der Waals surface area contributed by atoms with Crippen molar-refractivity contribution in [3.8, 4) is 11.1 Å². The van der Waals surface area contributed by atoms with Gasteiger partial charge in [-0.2, -0.15) is 0 Å². The zero-order valence-electron chi connectivity index (χ0n) is 17.5. The molecule has 0 amide bonds. The molecular weight excluding hydrogens is 400 g/mol. The summed E-state index contributed by atoms with van der Waals surface area (Å²) in [7, 11) is 0. The Hall–Kier alpha value is -2.97. The van der Waals surface area contributed by atoms with Gasteiger partial charge in [0.25, 0.3) is 0 Å². The normalized spacial score (nSPS) is 25.7. The van der Waals surface area contributed by atoms with Crippen LogP contribution in [0, 0.1) is 11.8 Å². The minimum Gasteiger partial charge on any atom is -0.399 e. The van der Waals surface area contributed by atoms with Gasteiger partial charge >= 0.3 is 0 Å². The predicted molar refractivity (Wildman–Crippen MR) is 131 cm³/mol. The molecule has 3 aromatic rings. The molecule has 3 unspecified atom stereocenters. The number of nitrogens with zero attached hydrogens (tertiary/aromatic N) is 1. The predicted octanol–water partition coefficient (Wildman–Crippen LogP) is 7.35. The molecule has 1 aliphatic heterocycles. The first-order valence-electron chi connectivity index (χ1n) is 11.0. The fourth-order valence-electron chi connectivity index (χ4n) is 5.49. The van der Waals surface area contributed by atoms with Crippen LogP contribution < -0.4 is 10.6 Å². The molecule has 0 spiro atoms. The van der Waals surface area contributed by atoms with Crippen LogP contribution in [0.1, 0.15) is 24.8 Å². The van der Waals surface area contributed by atoms with Crippen LogP contribution in [-0.2, 0) is 0 Å². The number of fused-ring (bicyclic) bond motifs is 3. The lowest BCUT2D eigenvalue weighted by Crippen LogP contribution is -2.34. The van der Waals surface area contributed by atoms with Crippen molar-refractivity contribution in [1.29, 1.82) is 0 Å². The molecule has 2 N–H and O–H groups in total. The third kappa shape index (κ3) is 2.93. The van der Waals surface area contributed by atoms with E-state index in [0.717, 1.165) is 17.0 Å². The number of para-hydroxylation sites is 2. The first-order chi connectivity index (χ1) is 15.1. The van der Waals surface area contributed by atoms with Gasteiger partial charge in [-0.05, 0) is 53.7 Å². The standard InChI is InChI=1S/C28H25ClN2/c1-17-15-24(17)23-10-6-9-22-21-8-3-5-12-27(21)31(28(22)23)26-11-4-2-7-20(26)19-14-13-18(30)16-25(19)29/h2-14,16-17,22,24,28H,15,30H2,1H3/t17?,22?,24-,28?/m0/s1. The van der Waals surface area contributed by atoms with Crippen molar-refractivity contribution in [3.63, 3.8) is 0 Å². The quantitative estimate of drug-likeness (QED) is 0.445. The molecule has 0 saturated heterocycles. The highest BCUT2D eigenvalue weighted by Gasteiger charge is 2.48. The molecule has 0 radical (unpaired) electrons. The molecule has 4 atom stereocenters. The Balaban J connectivity index is 1.56. The molecule has 3 aromatic carbocycles. The second kappa shape index (κ2) is 7.03. The maximum absolute atomic E-state index is 6.67. The Morgan fingerprint density at radius 1 is 0.935 bits per heavy atom. The number of halogens is 1. The first-order valence-corrected chi connectivity index (χ1v) is 11.4. The van der Waals surface area contributed by atoms with Crippen molar-refractivity contribution in [3.05, 3.63) is 101 Å². The van der Waals surface area contributed by atoms with E-state index in [1.54, 1.807) is 5.57 Å². The van der Waals surface area contributed by atoms with Crippen molar-refractivity contribution in [1.82, 2.24) is 0 Å². The van der Waals surface area contributed by atoms with E-state index >= 15 is 0 Å². The van der Waals surface area contributed by atoms with E-state index in [1.807, 2.05) is 18.2 Å². The van der Waals surface area contributed by atoms with Crippen LogP contribution in [0.5, 0.6) is 0 Å². The first kappa shape index (κ1) is 18.8. The molecule has 31 heavy (non-hydrogen) atoms. The summed E-state index contributed by atoms with van der Waals surface area (Å²) in [5.74, 6) is 1.83. The zero-order valence-corrected chi connectivity index (χ0v) is 18.3. The van der Waals surface area contributed by atoms with Crippen LogP contribution in [0.2, 0.25) is 5.02 Å². The third-order valence-corrected chi connectivity index (χ3v) is 7.42. The monoisotopic (exact) mass is 424 g/mol. The number of rotatable bonds is 3. The van der Waals surface area contributed by atoms with Crippen LogP contribution >= 0.6 is 11.6 Å². The van der Waals surface area contributed by atoms with Crippen molar-refractivity contribution in [2.45, 2.75) is 25.3 Å². The number of nitrogens with two attached hydrogens (primary N) is 1. The van der Waals surface area contributed by atoms with Gasteiger partial charge in [0.1, 0.15) is 0 Å². The third-order valence-electron chi connectivity index (χ3n) is 7.11. The van der Waals surface area contributed by atoms with Gasteiger partial charge in [0.05, 0.1) is 11.1 Å². The highest BCUT2D eigenvalue weighted by atomic mass is 35.5. The van der Waals surface area contributed by atoms with E-state index in [-0.39, 0.29) is 0 Å². The van der Waals surface area contributed by atoms with Crippen LogP contribution in [0.3, 0.4) is 0 Å². The molecule has 2 aliphatic carbocycles. The molecule has 0 bridgehead atoms. The molecule has 1 heterocycles. The van der Waals surface area contributed by atoms with Gasteiger partial charge in [-0.3, -0.25) is 0 Å². The zero-order chi connectivity index (χ0) is 21.1. The number of hydrogen-bond acceptors (Lipinski definition) is 2. The molecule has 3 aliphatic rings. The van der Waals surface area contributed by atoms with E-state index in [0.29, 0.717) is 28.6 Å². The van der Waals surface area contributed by atoms with E-state index in [4.69, 9.17) is 17.3 Å². The maximum Gasteiger partial charge on any atom is 0.0661 e. The van der Waals surface area contributed by atoms with Gasteiger partial charge in [0, 0.05) is 34.1 Å². The molecule has 1 saturated carbocycles. The Bertz CT molecular complexity index is 1240. The minimum atomic E-state index is 0.311. The molecule has 2 nitrogen and oxygen atoms in total. The molecule has 6 rings (SSSR count). The lowest BCUT2D eigenvalue weighted by atomic mass is 9.83. The topological polar surface area (TPSA) is 29.3 Å². The summed E-state index contributed by atoms with van der Waals surface area (Å²) in [5.41, 5.74) is 14.3. The fourth-order valence-corrected chi connectivity index (χ4v) is 5.78.